The van der Waals surface area contributed by atoms with Gasteiger partial charge in [-0.25, -0.2) is 9.46 Å². The molecule has 0 radical (unpaired) electrons. The number of rotatable bonds is 8. The number of carbonyl (C=O) groups excluding carboxylic acids is 1. The zero-order valence-corrected chi connectivity index (χ0v) is 22.9. The molecular formula is C27H37N4O5P. The minimum absolute atomic E-state index is 0.148. The molecule has 0 saturated carbocycles. The summed E-state index contributed by atoms with van der Waals surface area (Å²) in [5.41, 5.74) is 0.505. The minimum atomic E-state index is -1.23. The smallest absolute Gasteiger partial charge is 0.351 e. The molecule has 10 heteroatoms. The predicted octanol–water partition coefficient (Wildman–Crippen LogP) is 4.64. The van der Waals surface area contributed by atoms with Crippen LogP contribution in [0.1, 0.15) is 65.2 Å². The summed E-state index contributed by atoms with van der Waals surface area (Å²) in [5.74, 6) is -0.131. The molecule has 5 rings (SSSR count). The molecule has 3 fully saturated rings. The van der Waals surface area contributed by atoms with Crippen molar-refractivity contribution in [1.82, 2.24) is 14.2 Å². The van der Waals surface area contributed by atoms with Crippen LogP contribution in [0.15, 0.2) is 47.4 Å². The van der Waals surface area contributed by atoms with Crippen LogP contribution in [0.3, 0.4) is 0 Å². The van der Waals surface area contributed by atoms with E-state index >= 15 is 0 Å². The Labute approximate surface area is 219 Å². The van der Waals surface area contributed by atoms with E-state index in [4.69, 9.17) is 13.8 Å². The number of amides is 1. The van der Waals surface area contributed by atoms with Crippen LogP contribution in [0.5, 0.6) is 0 Å². The first-order chi connectivity index (χ1) is 17.8. The van der Waals surface area contributed by atoms with E-state index < -0.39 is 20.4 Å². The molecule has 37 heavy (non-hydrogen) atoms. The Kier molecular flexibility index (Phi) is 7.80. The number of nitrogens with zero attached hydrogens (tertiary/aromatic N) is 3. The largest absolute Gasteiger partial charge is 0.352 e. The van der Waals surface area contributed by atoms with Crippen LogP contribution < -0.4 is 11.0 Å². The van der Waals surface area contributed by atoms with E-state index in [2.05, 4.69) is 53.1 Å². The fourth-order valence-electron chi connectivity index (χ4n) is 5.53. The summed E-state index contributed by atoms with van der Waals surface area (Å²) in [5, 5.41) is 2.67. The normalized spacial score (nSPS) is 31.6. The van der Waals surface area contributed by atoms with Gasteiger partial charge in [-0.1, -0.05) is 51.1 Å². The number of hydrogen-bond acceptors (Lipinski definition) is 7. The molecule has 0 aliphatic carbocycles. The lowest BCUT2D eigenvalue weighted by atomic mass is 9.88. The molecule has 9 nitrogen and oxygen atoms in total. The molecule has 3 aliphatic heterocycles. The van der Waals surface area contributed by atoms with Gasteiger partial charge < -0.3 is 19.1 Å². The molecule has 1 amide bonds. The fraction of sp³-hybridized carbons (Fsp3) is 0.593. The SMILES string of the molecule is CC[C@H]1O[C@@H](n2ccc(NC(=O)C(C)C)nc2=O)CC1O[P@@]1O[C@](C)(Cc2ccccc2)[C@@H]2CCCN21. The molecule has 3 saturated heterocycles. The van der Waals surface area contributed by atoms with Gasteiger partial charge in [-0.05, 0) is 37.8 Å². The van der Waals surface area contributed by atoms with Crippen LogP contribution in [0.25, 0.3) is 0 Å². The maximum atomic E-state index is 12.8. The lowest BCUT2D eigenvalue weighted by Crippen LogP contribution is -2.41. The van der Waals surface area contributed by atoms with Gasteiger partial charge in [0, 0.05) is 37.5 Å². The third-order valence-electron chi connectivity index (χ3n) is 7.55. The fourth-order valence-corrected chi connectivity index (χ4v) is 7.68. The molecule has 1 N–H and O–H groups in total. The monoisotopic (exact) mass is 528 g/mol. The predicted molar refractivity (Wildman–Crippen MR) is 142 cm³/mol. The maximum absolute atomic E-state index is 12.8. The third kappa shape index (κ3) is 5.52. The number of aromatic nitrogens is 2. The van der Waals surface area contributed by atoms with Gasteiger partial charge in [0.2, 0.25) is 5.91 Å². The molecule has 0 spiro atoms. The topological polar surface area (TPSA) is 94.9 Å². The number of fused-ring (bicyclic) bond motifs is 1. The van der Waals surface area contributed by atoms with E-state index in [-0.39, 0.29) is 35.5 Å². The van der Waals surface area contributed by atoms with E-state index in [0.29, 0.717) is 12.5 Å². The van der Waals surface area contributed by atoms with Gasteiger partial charge in [0.25, 0.3) is 8.53 Å². The molecule has 200 valence electrons. The molecule has 1 aromatic heterocycles. The van der Waals surface area contributed by atoms with Crippen molar-refractivity contribution in [2.24, 2.45) is 5.92 Å². The van der Waals surface area contributed by atoms with E-state index in [1.165, 1.54) is 10.1 Å². The molecular weight excluding hydrogens is 491 g/mol. The Morgan fingerprint density at radius 1 is 1.30 bits per heavy atom. The second-order valence-corrected chi connectivity index (χ2v) is 12.1. The highest BCUT2D eigenvalue weighted by Crippen LogP contribution is 2.61. The number of carbonyl (C=O) groups is 1. The highest BCUT2D eigenvalue weighted by Gasteiger charge is 2.55. The van der Waals surface area contributed by atoms with Gasteiger partial charge in [0.05, 0.1) is 17.8 Å². The van der Waals surface area contributed by atoms with E-state index in [9.17, 15) is 9.59 Å². The molecule has 3 aliphatic rings. The first-order valence-electron chi connectivity index (χ1n) is 13.3. The first kappa shape index (κ1) is 26.4. The quantitative estimate of drug-likeness (QED) is 0.499. The second-order valence-electron chi connectivity index (χ2n) is 10.7. The van der Waals surface area contributed by atoms with Crippen molar-refractivity contribution in [2.45, 2.75) is 89.9 Å². The van der Waals surface area contributed by atoms with Crippen LogP contribution in [0, 0.1) is 5.92 Å². The number of ether oxygens (including phenoxy) is 1. The van der Waals surface area contributed by atoms with Crippen LogP contribution in [-0.4, -0.2) is 50.5 Å². The Morgan fingerprint density at radius 2 is 2.08 bits per heavy atom. The van der Waals surface area contributed by atoms with Gasteiger partial charge in [0.15, 0.2) is 0 Å². The maximum Gasteiger partial charge on any atom is 0.351 e. The third-order valence-corrected chi connectivity index (χ3v) is 9.47. The Balaban J connectivity index is 1.28. The second kappa shape index (κ2) is 10.9. The minimum Gasteiger partial charge on any atom is -0.352 e. The van der Waals surface area contributed by atoms with Crippen molar-refractivity contribution in [3.63, 3.8) is 0 Å². The zero-order chi connectivity index (χ0) is 26.2. The average Bonchev–Trinajstić information content (AvgIpc) is 3.57. The van der Waals surface area contributed by atoms with Gasteiger partial charge in [0.1, 0.15) is 12.0 Å². The summed E-state index contributed by atoms with van der Waals surface area (Å²) in [7, 11) is -1.23. The Bertz CT molecular complexity index is 1160. The lowest BCUT2D eigenvalue weighted by molar-refractivity contribution is -0.118. The van der Waals surface area contributed by atoms with E-state index in [0.717, 1.165) is 32.2 Å². The van der Waals surface area contributed by atoms with Crippen LogP contribution in [0.4, 0.5) is 5.82 Å². The molecule has 1 aromatic carbocycles. The number of benzene rings is 1. The molecule has 0 bridgehead atoms. The first-order valence-corrected chi connectivity index (χ1v) is 14.4. The van der Waals surface area contributed by atoms with Gasteiger partial charge in [-0.15, -0.1) is 0 Å². The highest BCUT2D eigenvalue weighted by atomic mass is 31.2. The molecule has 2 aromatic rings. The lowest BCUT2D eigenvalue weighted by Gasteiger charge is -2.28. The molecule has 1 unspecified atom stereocenters. The van der Waals surface area contributed by atoms with Crippen molar-refractivity contribution in [1.29, 1.82) is 0 Å². The summed E-state index contributed by atoms with van der Waals surface area (Å²) in [6.07, 6.45) is 5.21. The van der Waals surface area contributed by atoms with Crippen molar-refractivity contribution >= 4 is 20.3 Å². The summed E-state index contributed by atoms with van der Waals surface area (Å²) in [6.45, 7) is 8.83. The van der Waals surface area contributed by atoms with Gasteiger partial charge in [-0.3, -0.25) is 9.36 Å². The number of nitrogens with one attached hydrogen (secondary N) is 1. The Morgan fingerprint density at radius 3 is 2.78 bits per heavy atom. The van der Waals surface area contributed by atoms with Crippen LogP contribution >= 0.6 is 8.53 Å². The summed E-state index contributed by atoms with van der Waals surface area (Å²) >= 11 is 0. The molecule has 6 atom stereocenters. The van der Waals surface area contributed by atoms with Crippen molar-refractivity contribution in [3.05, 3.63) is 58.6 Å². The summed E-state index contributed by atoms with van der Waals surface area (Å²) in [4.78, 5) is 28.8. The summed E-state index contributed by atoms with van der Waals surface area (Å²) < 4.78 is 23.5. The van der Waals surface area contributed by atoms with E-state index in [1.807, 2.05) is 6.07 Å². The van der Waals surface area contributed by atoms with Crippen molar-refractivity contribution in [2.75, 3.05) is 11.9 Å². The van der Waals surface area contributed by atoms with Gasteiger partial charge >= 0.3 is 5.69 Å². The average molecular weight is 529 g/mol. The number of hydrogen-bond donors (Lipinski definition) is 1. The Hall–Kier alpha value is -2.16. The van der Waals surface area contributed by atoms with Crippen molar-refractivity contribution < 1.29 is 18.6 Å². The standard InChI is InChI=1S/C27H37N4O5P/c1-5-20-21(16-24(34-20)30-15-13-23(29-26(30)33)28-25(32)18(2)3)35-37-31-14-9-12-22(31)27(4,36-37)17-19-10-7-6-8-11-19/h6-8,10-11,13,15,18,20-22,24H,5,9,12,14,16-17H2,1-4H3,(H,28,29,32,33)/t20-,21?,22+,24-,27-,37+/m1/s1. The van der Waals surface area contributed by atoms with Crippen LogP contribution in [-0.2, 0) is 25.0 Å². The van der Waals surface area contributed by atoms with E-state index in [1.54, 1.807) is 26.1 Å². The highest BCUT2D eigenvalue weighted by molar-refractivity contribution is 7.45. The van der Waals surface area contributed by atoms with Gasteiger partial charge in [-0.2, -0.15) is 4.98 Å². The summed E-state index contributed by atoms with van der Waals surface area (Å²) in [6, 6.07) is 12.5. The zero-order valence-electron chi connectivity index (χ0n) is 22.0. The molecule has 4 heterocycles. The van der Waals surface area contributed by atoms with Crippen molar-refractivity contribution in [3.8, 4) is 0 Å². The number of anilines is 1. The van der Waals surface area contributed by atoms with Crippen LogP contribution in [0.2, 0.25) is 0 Å².